The molecule has 2 aromatic rings. The third-order valence-electron chi connectivity index (χ3n) is 3.82. The first-order valence-electron chi connectivity index (χ1n) is 9.03. The number of hydrogen-bond acceptors (Lipinski definition) is 8. The van der Waals surface area contributed by atoms with E-state index in [2.05, 4.69) is 10.1 Å². The summed E-state index contributed by atoms with van der Waals surface area (Å²) in [5.74, 6) is -2.43. The van der Waals surface area contributed by atoms with E-state index < -0.39 is 37.6 Å². The molecule has 0 aliphatic carbocycles. The van der Waals surface area contributed by atoms with Crippen LogP contribution in [0, 0.1) is 0 Å². The van der Waals surface area contributed by atoms with Crippen molar-refractivity contribution in [3.05, 3.63) is 40.9 Å². The van der Waals surface area contributed by atoms with Gasteiger partial charge in [-0.05, 0) is 30.3 Å². The van der Waals surface area contributed by atoms with Crippen molar-refractivity contribution < 1.29 is 46.8 Å². The second-order valence-corrected chi connectivity index (χ2v) is 6.52. The average Bonchev–Trinajstić information content (AvgIpc) is 2.76. The Balaban J connectivity index is 2.04. The number of rotatable bonds is 11. The highest BCUT2D eigenvalue weighted by Crippen LogP contribution is 2.38. The number of halogens is 3. The molecule has 178 valence electrons. The Hall–Kier alpha value is -3.80. The fraction of sp³-hybridized carbons (Fsp3) is 0.250. The predicted octanol–water partition coefficient (Wildman–Crippen LogP) is 2.62. The van der Waals surface area contributed by atoms with Crippen LogP contribution in [0.3, 0.4) is 0 Å². The summed E-state index contributed by atoms with van der Waals surface area (Å²) in [6.45, 7) is -4.17. The lowest BCUT2D eigenvalue weighted by Gasteiger charge is -2.15. The maximum atomic E-state index is 12.4. The van der Waals surface area contributed by atoms with Gasteiger partial charge in [-0.3, -0.25) is 9.59 Å². The number of esters is 1. The molecule has 0 saturated carbocycles. The highest BCUT2D eigenvalue weighted by molar-refractivity contribution is 6.32. The van der Waals surface area contributed by atoms with E-state index in [0.29, 0.717) is 0 Å². The standard InChI is InChI=1S/C20H19ClF2N2O8/c1-29-14-5-10(6-15(30-2)18(14)31-8-16(24)26)19(28)32-9-17(27)25-11-3-4-13(12(21)7-11)33-20(22)23/h3-7,20H,8-9H2,1-2H3,(H2,24,26)(H,25,27). The summed E-state index contributed by atoms with van der Waals surface area (Å²) in [6.07, 6.45) is 0. The van der Waals surface area contributed by atoms with E-state index in [1.807, 2.05) is 0 Å². The normalized spacial score (nSPS) is 10.4. The molecule has 33 heavy (non-hydrogen) atoms. The van der Waals surface area contributed by atoms with Crippen molar-refractivity contribution in [2.45, 2.75) is 6.61 Å². The molecule has 0 heterocycles. The molecule has 0 unspecified atom stereocenters. The van der Waals surface area contributed by atoms with Crippen LogP contribution >= 0.6 is 11.6 Å². The Kier molecular flexibility index (Phi) is 9.04. The molecule has 2 rings (SSSR count). The van der Waals surface area contributed by atoms with E-state index in [1.54, 1.807) is 0 Å². The number of nitrogens with one attached hydrogen (secondary N) is 1. The molecule has 13 heteroatoms. The lowest BCUT2D eigenvalue weighted by Crippen LogP contribution is -2.21. The van der Waals surface area contributed by atoms with Crippen molar-refractivity contribution in [2.24, 2.45) is 5.73 Å². The summed E-state index contributed by atoms with van der Waals surface area (Å²) in [5.41, 5.74) is 5.20. The van der Waals surface area contributed by atoms with Crippen molar-refractivity contribution in [1.29, 1.82) is 0 Å². The van der Waals surface area contributed by atoms with Crippen LogP contribution in [0.4, 0.5) is 14.5 Å². The number of primary amides is 1. The zero-order valence-corrected chi connectivity index (χ0v) is 18.1. The zero-order chi connectivity index (χ0) is 24.5. The molecule has 3 N–H and O–H groups in total. The van der Waals surface area contributed by atoms with Gasteiger partial charge in [0, 0.05) is 5.69 Å². The smallest absolute Gasteiger partial charge is 0.387 e. The highest BCUT2D eigenvalue weighted by atomic mass is 35.5. The summed E-state index contributed by atoms with van der Waals surface area (Å²) < 4.78 is 49.3. The Bertz CT molecular complexity index is 1010. The molecule has 0 aromatic heterocycles. The van der Waals surface area contributed by atoms with Gasteiger partial charge in [-0.1, -0.05) is 11.6 Å². The van der Waals surface area contributed by atoms with Crippen LogP contribution in [-0.2, 0) is 14.3 Å². The van der Waals surface area contributed by atoms with Gasteiger partial charge < -0.3 is 34.7 Å². The second-order valence-electron chi connectivity index (χ2n) is 6.11. The summed E-state index contributed by atoms with van der Waals surface area (Å²) in [5, 5.41) is 2.24. The third kappa shape index (κ3) is 7.38. The van der Waals surface area contributed by atoms with Crippen molar-refractivity contribution >= 4 is 35.1 Å². The van der Waals surface area contributed by atoms with Crippen LogP contribution in [0.2, 0.25) is 5.02 Å². The Morgan fingerprint density at radius 1 is 1.03 bits per heavy atom. The Morgan fingerprint density at radius 2 is 1.67 bits per heavy atom. The van der Waals surface area contributed by atoms with Crippen molar-refractivity contribution in [3.63, 3.8) is 0 Å². The molecule has 0 saturated heterocycles. The minimum atomic E-state index is -3.05. The molecule has 10 nitrogen and oxygen atoms in total. The molecule has 0 aliphatic heterocycles. The van der Waals surface area contributed by atoms with Crippen LogP contribution in [0.5, 0.6) is 23.0 Å². The molecule has 0 fully saturated rings. The number of anilines is 1. The van der Waals surface area contributed by atoms with Gasteiger partial charge in [0.1, 0.15) is 5.75 Å². The molecular weight excluding hydrogens is 470 g/mol. The zero-order valence-electron chi connectivity index (χ0n) is 17.4. The van der Waals surface area contributed by atoms with Crippen molar-refractivity contribution in [3.8, 4) is 23.0 Å². The maximum absolute atomic E-state index is 12.4. The third-order valence-corrected chi connectivity index (χ3v) is 4.12. The van der Waals surface area contributed by atoms with Crippen LogP contribution < -0.4 is 30.0 Å². The van der Waals surface area contributed by atoms with Gasteiger partial charge in [-0.15, -0.1) is 0 Å². The van der Waals surface area contributed by atoms with E-state index in [4.69, 9.17) is 36.3 Å². The number of benzene rings is 2. The number of ether oxygens (including phenoxy) is 5. The molecule has 0 radical (unpaired) electrons. The molecule has 0 bridgehead atoms. The first-order chi connectivity index (χ1) is 15.6. The van der Waals surface area contributed by atoms with Gasteiger partial charge in [-0.2, -0.15) is 8.78 Å². The van der Waals surface area contributed by atoms with E-state index in [1.165, 1.54) is 38.5 Å². The lowest BCUT2D eigenvalue weighted by molar-refractivity contribution is -0.120. The number of hydrogen-bond donors (Lipinski definition) is 2. The molecule has 0 spiro atoms. The van der Waals surface area contributed by atoms with Crippen LogP contribution in [0.25, 0.3) is 0 Å². The molecule has 0 atom stereocenters. The van der Waals surface area contributed by atoms with Crippen LogP contribution in [-0.4, -0.2) is 51.8 Å². The Labute approximate surface area is 191 Å². The maximum Gasteiger partial charge on any atom is 0.387 e. The minimum absolute atomic E-state index is 0.0283. The summed E-state index contributed by atoms with van der Waals surface area (Å²) in [6, 6.07) is 6.15. The topological polar surface area (TPSA) is 135 Å². The summed E-state index contributed by atoms with van der Waals surface area (Å²) in [4.78, 5) is 35.4. The van der Waals surface area contributed by atoms with Crippen LogP contribution in [0.1, 0.15) is 10.4 Å². The van der Waals surface area contributed by atoms with Gasteiger partial charge in [0.25, 0.3) is 11.8 Å². The fourth-order valence-electron chi connectivity index (χ4n) is 2.46. The molecule has 2 amide bonds. The number of alkyl halides is 2. The summed E-state index contributed by atoms with van der Waals surface area (Å²) in [7, 11) is 2.61. The van der Waals surface area contributed by atoms with Gasteiger partial charge in [0.05, 0.1) is 24.8 Å². The van der Waals surface area contributed by atoms with E-state index in [9.17, 15) is 23.2 Å². The quantitative estimate of drug-likeness (QED) is 0.461. The predicted molar refractivity (Wildman–Crippen MR) is 111 cm³/mol. The largest absolute Gasteiger partial charge is 0.493 e. The molecular formula is C20H19ClF2N2O8. The number of methoxy groups -OCH3 is 2. The van der Waals surface area contributed by atoms with Crippen molar-refractivity contribution in [1.82, 2.24) is 0 Å². The minimum Gasteiger partial charge on any atom is -0.493 e. The first kappa shape index (κ1) is 25.5. The van der Waals surface area contributed by atoms with Gasteiger partial charge >= 0.3 is 12.6 Å². The van der Waals surface area contributed by atoms with Gasteiger partial charge in [-0.25, -0.2) is 4.79 Å². The van der Waals surface area contributed by atoms with Crippen LogP contribution in [0.15, 0.2) is 30.3 Å². The van der Waals surface area contributed by atoms with Gasteiger partial charge in [0.15, 0.2) is 24.7 Å². The van der Waals surface area contributed by atoms with E-state index in [-0.39, 0.29) is 39.3 Å². The van der Waals surface area contributed by atoms with Crippen molar-refractivity contribution in [2.75, 3.05) is 32.8 Å². The molecule has 0 aliphatic rings. The molecule has 2 aromatic carbocycles. The number of carbonyl (C=O) groups is 3. The fourth-order valence-corrected chi connectivity index (χ4v) is 2.69. The highest BCUT2D eigenvalue weighted by Gasteiger charge is 2.20. The van der Waals surface area contributed by atoms with E-state index in [0.717, 1.165) is 6.07 Å². The summed E-state index contributed by atoms with van der Waals surface area (Å²) >= 11 is 5.82. The van der Waals surface area contributed by atoms with Gasteiger partial charge in [0.2, 0.25) is 5.75 Å². The first-order valence-corrected chi connectivity index (χ1v) is 9.40. The number of nitrogens with two attached hydrogens (primary N) is 1. The van der Waals surface area contributed by atoms with E-state index >= 15 is 0 Å². The number of carbonyl (C=O) groups excluding carboxylic acids is 3. The monoisotopic (exact) mass is 488 g/mol. The SMILES string of the molecule is COc1cc(C(=O)OCC(=O)Nc2ccc(OC(F)F)c(Cl)c2)cc(OC)c1OCC(N)=O. The second kappa shape index (κ2) is 11.7. The number of amides is 2. The average molecular weight is 489 g/mol. The Morgan fingerprint density at radius 3 is 2.18 bits per heavy atom. The lowest BCUT2D eigenvalue weighted by atomic mass is 10.2.